The third-order valence-corrected chi connectivity index (χ3v) is 7.39. The van der Waals surface area contributed by atoms with Crippen molar-refractivity contribution < 1.29 is 27.1 Å². The molecule has 0 fully saturated rings. The molecule has 1 N–H and O–H groups in total. The minimum absolute atomic E-state index is 0.160. The molecule has 2 aromatic carbocycles. The van der Waals surface area contributed by atoms with Crippen LogP contribution in [0.25, 0.3) is 11.0 Å². The van der Waals surface area contributed by atoms with E-state index in [1.807, 2.05) is 12.1 Å². The van der Waals surface area contributed by atoms with Crippen molar-refractivity contribution in [1.82, 2.24) is 9.62 Å². The first-order valence-corrected chi connectivity index (χ1v) is 11.5. The van der Waals surface area contributed by atoms with Gasteiger partial charge in [-0.2, -0.15) is 4.31 Å². The highest BCUT2D eigenvalue weighted by Gasteiger charge is 2.24. The number of carbonyl (C=O) groups is 1. The van der Waals surface area contributed by atoms with Crippen molar-refractivity contribution in [2.75, 3.05) is 19.9 Å². The third-order valence-electron chi connectivity index (χ3n) is 5.35. The van der Waals surface area contributed by atoms with E-state index in [4.69, 9.17) is 13.9 Å². The Kier molecular flexibility index (Phi) is 5.63. The molecule has 0 spiro atoms. The van der Waals surface area contributed by atoms with E-state index in [-0.39, 0.29) is 29.9 Å². The molecular formula is C22H24N2O6S. The molecular weight excluding hydrogens is 420 g/mol. The molecule has 2 heterocycles. The summed E-state index contributed by atoms with van der Waals surface area (Å²) in [4.78, 5) is 12.9. The number of carbonyl (C=O) groups excluding carboxylic acids is 1. The van der Waals surface area contributed by atoms with Crippen molar-refractivity contribution in [2.24, 2.45) is 0 Å². The van der Waals surface area contributed by atoms with Crippen molar-refractivity contribution in [2.45, 2.75) is 32.2 Å². The molecule has 0 bridgehead atoms. The first-order valence-electron chi connectivity index (χ1n) is 10.0. The fourth-order valence-corrected chi connectivity index (χ4v) is 5.09. The second kappa shape index (κ2) is 8.24. The summed E-state index contributed by atoms with van der Waals surface area (Å²) in [5.74, 6) is 1.11. The number of rotatable bonds is 7. The van der Waals surface area contributed by atoms with Crippen LogP contribution in [0.15, 0.2) is 45.7 Å². The fourth-order valence-electron chi connectivity index (χ4n) is 3.60. The van der Waals surface area contributed by atoms with Gasteiger partial charge in [0.2, 0.25) is 16.8 Å². The summed E-state index contributed by atoms with van der Waals surface area (Å²) >= 11 is 0. The van der Waals surface area contributed by atoms with Crippen molar-refractivity contribution in [3.63, 3.8) is 0 Å². The Balaban J connectivity index is 1.57. The van der Waals surface area contributed by atoms with E-state index in [2.05, 4.69) is 5.32 Å². The van der Waals surface area contributed by atoms with E-state index in [0.717, 1.165) is 5.56 Å². The van der Waals surface area contributed by atoms with Gasteiger partial charge in [-0.05, 0) is 42.8 Å². The lowest BCUT2D eigenvalue weighted by Gasteiger charge is -2.18. The average molecular weight is 445 g/mol. The number of furan rings is 1. The quantitative estimate of drug-likeness (QED) is 0.600. The van der Waals surface area contributed by atoms with Gasteiger partial charge < -0.3 is 19.2 Å². The molecule has 4 rings (SSSR count). The number of nitrogens with one attached hydrogen (secondary N) is 1. The van der Waals surface area contributed by atoms with Crippen LogP contribution in [0.4, 0.5) is 0 Å². The monoisotopic (exact) mass is 444 g/mol. The molecule has 0 unspecified atom stereocenters. The molecule has 9 heteroatoms. The summed E-state index contributed by atoms with van der Waals surface area (Å²) in [6.45, 7) is 6.58. The Morgan fingerprint density at radius 3 is 2.55 bits per heavy atom. The maximum absolute atomic E-state index is 12.8. The van der Waals surface area contributed by atoms with E-state index in [1.165, 1.54) is 10.4 Å². The first kappa shape index (κ1) is 21.2. The van der Waals surface area contributed by atoms with Gasteiger partial charge in [-0.3, -0.25) is 4.79 Å². The number of sulfonamides is 1. The molecule has 0 saturated carbocycles. The molecule has 0 atom stereocenters. The van der Waals surface area contributed by atoms with E-state index in [9.17, 15) is 13.2 Å². The summed E-state index contributed by atoms with van der Waals surface area (Å²) in [6.07, 6.45) is 0. The number of hydrogen-bond donors (Lipinski definition) is 1. The number of benzene rings is 2. The largest absolute Gasteiger partial charge is 0.454 e. The Morgan fingerprint density at radius 2 is 1.81 bits per heavy atom. The molecule has 1 aliphatic rings. The zero-order chi connectivity index (χ0) is 22.2. The number of amides is 1. The van der Waals surface area contributed by atoms with E-state index in [0.29, 0.717) is 41.1 Å². The standard InChI is InChI=1S/C22H24N2O6S/c1-4-24(5-2)31(26,27)16-7-9-18-17(11-16)14(3)21(30-18)22(25)23-12-15-6-8-19-20(10-15)29-13-28-19/h6-11H,4-5,12-13H2,1-3H3,(H,23,25). The van der Waals surface area contributed by atoms with Gasteiger partial charge in [0.25, 0.3) is 5.91 Å². The summed E-state index contributed by atoms with van der Waals surface area (Å²) in [5.41, 5.74) is 1.91. The van der Waals surface area contributed by atoms with Gasteiger partial charge >= 0.3 is 0 Å². The van der Waals surface area contributed by atoms with Crippen LogP contribution in [0.5, 0.6) is 11.5 Å². The summed E-state index contributed by atoms with van der Waals surface area (Å²) in [5, 5.41) is 3.43. The highest BCUT2D eigenvalue weighted by molar-refractivity contribution is 7.89. The third kappa shape index (κ3) is 3.86. The van der Waals surface area contributed by atoms with Crippen LogP contribution in [0.2, 0.25) is 0 Å². The van der Waals surface area contributed by atoms with Gasteiger partial charge in [-0.25, -0.2) is 8.42 Å². The second-order valence-corrected chi connectivity index (χ2v) is 9.11. The smallest absolute Gasteiger partial charge is 0.287 e. The van der Waals surface area contributed by atoms with Crippen molar-refractivity contribution in [3.05, 3.63) is 53.3 Å². The zero-order valence-corrected chi connectivity index (χ0v) is 18.4. The Bertz CT molecular complexity index is 1240. The molecule has 3 aromatic rings. The predicted molar refractivity (Wildman–Crippen MR) is 115 cm³/mol. The Labute approximate surface area is 180 Å². The van der Waals surface area contributed by atoms with Crippen LogP contribution >= 0.6 is 0 Å². The fraction of sp³-hybridized carbons (Fsp3) is 0.318. The summed E-state index contributed by atoms with van der Waals surface area (Å²) in [6, 6.07) is 10.1. The van der Waals surface area contributed by atoms with Crippen LogP contribution in [0.3, 0.4) is 0 Å². The highest BCUT2D eigenvalue weighted by Crippen LogP contribution is 2.33. The van der Waals surface area contributed by atoms with E-state index < -0.39 is 10.0 Å². The maximum Gasteiger partial charge on any atom is 0.287 e. The van der Waals surface area contributed by atoms with Crippen LogP contribution in [-0.2, 0) is 16.6 Å². The minimum Gasteiger partial charge on any atom is -0.454 e. The minimum atomic E-state index is -3.60. The van der Waals surface area contributed by atoms with Gasteiger partial charge in [0.15, 0.2) is 17.3 Å². The predicted octanol–water partition coefficient (Wildman–Crippen LogP) is 3.43. The molecule has 0 saturated heterocycles. The molecule has 0 aliphatic carbocycles. The molecule has 1 aromatic heterocycles. The van der Waals surface area contributed by atoms with Gasteiger partial charge in [0, 0.05) is 30.6 Å². The Hall–Kier alpha value is -3.04. The van der Waals surface area contributed by atoms with Crippen molar-refractivity contribution in [3.8, 4) is 11.5 Å². The number of nitrogens with zero attached hydrogens (tertiary/aromatic N) is 1. The van der Waals surface area contributed by atoms with Crippen molar-refractivity contribution >= 4 is 26.9 Å². The maximum atomic E-state index is 12.8. The SMILES string of the molecule is CCN(CC)S(=O)(=O)c1ccc2oc(C(=O)NCc3ccc4c(c3)OCO4)c(C)c2c1. The summed E-state index contributed by atoms with van der Waals surface area (Å²) < 4.78 is 43.4. The average Bonchev–Trinajstić information content (AvgIpc) is 3.36. The summed E-state index contributed by atoms with van der Waals surface area (Å²) in [7, 11) is -3.60. The second-order valence-electron chi connectivity index (χ2n) is 7.17. The van der Waals surface area contributed by atoms with Gasteiger partial charge in [-0.1, -0.05) is 19.9 Å². The highest BCUT2D eigenvalue weighted by atomic mass is 32.2. The number of aryl methyl sites for hydroxylation is 1. The molecule has 31 heavy (non-hydrogen) atoms. The van der Waals surface area contributed by atoms with Gasteiger partial charge in [0.1, 0.15) is 5.58 Å². The topological polar surface area (TPSA) is 98.1 Å². The van der Waals surface area contributed by atoms with Crippen LogP contribution in [-0.4, -0.2) is 38.5 Å². The molecule has 0 radical (unpaired) electrons. The van der Waals surface area contributed by atoms with Crippen LogP contribution in [0, 0.1) is 6.92 Å². The van der Waals surface area contributed by atoms with Crippen molar-refractivity contribution in [1.29, 1.82) is 0 Å². The van der Waals surface area contributed by atoms with Gasteiger partial charge in [-0.15, -0.1) is 0 Å². The molecule has 164 valence electrons. The Morgan fingerprint density at radius 1 is 1.06 bits per heavy atom. The zero-order valence-electron chi connectivity index (χ0n) is 17.6. The number of hydrogen-bond acceptors (Lipinski definition) is 6. The molecule has 1 aliphatic heterocycles. The normalized spacial score (nSPS) is 13.2. The lowest BCUT2D eigenvalue weighted by molar-refractivity contribution is 0.0924. The lowest BCUT2D eigenvalue weighted by atomic mass is 10.1. The number of fused-ring (bicyclic) bond motifs is 2. The van der Waals surface area contributed by atoms with Crippen LogP contribution in [0.1, 0.15) is 35.5 Å². The van der Waals surface area contributed by atoms with Crippen LogP contribution < -0.4 is 14.8 Å². The number of ether oxygens (including phenoxy) is 2. The van der Waals surface area contributed by atoms with Gasteiger partial charge in [0.05, 0.1) is 4.90 Å². The van der Waals surface area contributed by atoms with E-state index >= 15 is 0 Å². The molecule has 8 nitrogen and oxygen atoms in total. The first-order chi connectivity index (χ1) is 14.8. The van der Waals surface area contributed by atoms with E-state index in [1.54, 1.807) is 39.0 Å². The molecule has 1 amide bonds. The lowest BCUT2D eigenvalue weighted by Crippen LogP contribution is -2.30.